The molecule has 2 aliphatic heterocycles. The van der Waals surface area contributed by atoms with Gasteiger partial charge in [0, 0.05) is 23.1 Å². The third-order valence-corrected chi connectivity index (χ3v) is 9.99. The van der Waals surface area contributed by atoms with E-state index in [9.17, 15) is 4.79 Å². The highest BCUT2D eigenvalue weighted by Crippen LogP contribution is 2.57. The molecule has 1 saturated carbocycles. The van der Waals surface area contributed by atoms with Crippen molar-refractivity contribution >= 4 is 33.2 Å². The van der Waals surface area contributed by atoms with Crippen LogP contribution in [0.3, 0.4) is 0 Å². The minimum atomic E-state index is -1.15. The summed E-state index contributed by atoms with van der Waals surface area (Å²) in [4.78, 5) is 19.9. The molecule has 0 N–H and O–H groups in total. The number of hydrogen-bond donors (Lipinski definition) is 0. The van der Waals surface area contributed by atoms with Crippen molar-refractivity contribution in [3.8, 4) is 16.9 Å². The van der Waals surface area contributed by atoms with E-state index in [0.717, 1.165) is 61.7 Å². The number of carbonyl (C=O) groups is 1. The first-order chi connectivity index (χ1) is 20.3. The number of rotatable bonds is 5. The van der Waals surface area contributed by atoms with Crippen molar-refractivity contribution < 1.29 is 19.1 Å². The number of nitrogens with zero attached hydrogens (tertiary/aromatic N) is 1. The lowest BCUT2D eigenvalue weighted by Gasteiger charge is -2.45. The molecule has 4 aromatic rings. The molecule has 7 rings (SSSR count). The molecule has 42 heavy (non-hydrogen) atoms. The molecule has 3 aliphatic rings. The fourth-order valence-electron chi connectivity index (χ4n) is 7.75. The lowest BCUT2D eigenvalue weighted by atomic mass is 9.58. The van der Waals surface area contributed by atoms with Crippen molar-refractivity contribution in [3.05, 3.63) is 103 Å². The second-order valence-corrected chi connectivity index (χ2v) is 12.4. The second-order valence-electron chi connectivity index (χ2n) is 12.4. The molecule has 5 atom stereocenters. The van der Waals surface area contributed by atoms with Crippen LogP contribution in [0.2, 0.25) is 0 Å². The number of methoxy groups -OCH3 is 1. The second kappa shape index (κ2) is 9.59. The van der Waals surface area contributed by atoms with E-state index in [-0.39, 0.29) is 29.3 Å². The first-order valence-corrected chi connectivity index (χ1v) is 14.6. The maximum atomic E-state index is 13.7. The highest BCUT2D eigenvalue weighted by Gasteiger charge is 2.66. The van der Waals surface area contributed by atoms with E-state index in [4.69, 9.17) is 14.3 Å². The Morgan fingerprint density at radius 1 is 1.00 bits per heavy atom. The van der Waals surface area contributed by atoms with Gasteiger partial charge in [-0.1, -0.05) is 97.0 Å². The number of fused-ring (bicyclic) bond motifs is 4. The molecule has 5 heteroatoms. The molecule has 1 saturated heterocycles. The Bertz CT molecular complexity index is 1820. The van der Waals surface area contributed by atoms with Crippen molar-refractivity contribution in [2.45, 2.75) is 44.8 Å². The van der Waals surface area contributed by atoms with Crippen molar-refractivity contribution in [1.82, 2.24) is 0 Å². The monoisotopic (exact) mass is 557 g/mol. The number of allylic oxidation sites excluding steroid dienone is 2. The molecule has 1 aliphatic carbocycles. The van der Waals surface area contributed by atoms with E-state index in [1.54, 1.807) is 7.11 Å². The van der Waals surface area contributed by atoms with E-state index in [2.05, 4.69) is 80.7 Å². The Morgan fingerprint density at radius 2 is 1.67 bits per heavy atom. The van der Waals surface area contributed by atoms with Crippen molar-refractivity contribution in [2.24, 2.45) is 22.4 Å². The van der Waals surface area contributed by atoms with E-state index < -0.39 is 5.60 Å². The number of hydrogen-bond acceptors (Lipinski definition) is 5. The molecule has 212 valence electrons. The molecule has 2 fully saturated rings. The summed E-state index contributed by atoms with van der Waals surface area (Å²) in [6.45, 7) is 12.7. The van der Waals surface area contributed by atoms with Crippen LogP contribution < -0.4 is 4.74 Å². The minimum Gasteiger partial charge on any atom is -0.496 e. The van der Waals surface area contributed by atoms with E-state index in [0.29, 0.717) is 12.8 Å². The zero-order valence-electron chi connectivity index (χ0n) is 24.4. The molecule has 0 amide bonds. The third kappa shape index (κ3) is 3.76. The highest BCUT2D eigenvalue weighted by atomic mass is 16.7. The average Bonchev–Trinajstić information content (AvgIpc) is 3.56. The maximum Gasteiger partial charge on any atom is 0.354 e. The summed E-state index contributed by atoms with van der Waals surface area (Å²) in [5.41, 5.74) is 3.43. The summed E-state index contributed by atoms with van der Waals surface area (Å²) in [6, 6.07) is 25.0. The van der Waals surface area contributed by atoms with Gasteiger partial charge in [-0.15, -0.1) is 6.58 Å². The third-order valence-electron chi connectivity index (χ3n) is 9.99. The molecule has 1 spiro atoms. The Kier molecular flexibility index (Phi) is 6.05. The van der Waals surface area contributed by atoms with Crippen LogP contribution in [-0.4, -0.2) is 30.5 Å². The first-order valence-electron chi connectivity index (χ1n) is 14.6. The van der Waals surface area contributed by atoms with Crippen LogP contribution in [0, 0.1) is 17.3 Å². The van der Waals surface area contributed by atoms with Crippen LogP contribution >= 0.6 is 0 Å². The quantitative estimate of drug-likeness (QED) is 0.183. The minimum absolute atomic E-state index is 0.128. The Morgan fingerprint density at radius 3 is 2.33 bits per heavy atom. The first kappa shape index (κ1) is 26.5. The van der Waals surface area contributed by atoms with Crippen molar-refractivity contribution in [3.63, 3.8) is 0 Å². The summed E-state index contributed by atoms with van der Waals surface area (Å²) in [6.07, 6.45) is 3.52. The van der Waals surface area contributed by atoms with Gasteiger partial charge in [-0.2, -0.15) is 0 Å². The van der Waals surface area contributed by atoms with Gasteiger partial charge in [-0.25, -0.2) is 4.79 Å². The molecule has 0 aromatic heterocycles. The largest absolute Gasteiger partial charge is 0.496 e. The number of ether oxygens (including phenoxy) is 2. The lowest BCUT2D eigenvalue weighted by Crippen LogP contribution is -2.48. The van der Waals surface area contributed by atoms with Gasteiger partial charge >= 0.3 is 5.97 Å². The van der Waals surface area contributed by atoms with Crippen LogP contribution in [0.5, 0.6) is 5.75 Å². The van der Waals surface area contributed by atoms with Crippen LogP contribution in [0.25, 0.3) is 32.7 Å². The van der Waals surface area contributed by atoms with E-state index in [1.165, 1.54) is 0 Å². The normalized spacial score (nSPS) is 28.3. The molecule has 0 radical (unpaired) electrons. The van der Waals surface area contributed by atoms with E-state index in [1.807, 2.05) is 30.3 Å². The summed E-state index contributed by atoms with van der Waals surface area (Å²) < 4.78 is 12.0. The van der Waals surface area contributed by atoms with Crippen LogP contribution in [0.4, 0.5) is 0 Å². The smallest absolute Gasteiger partial charge is 0.354 e. The molecule has 2 heterocycles. The fourth-order valence-corrected chi connectivity index (χ4v) is 7.75. The standard InChI is InChI=1S/C37H35NO4/c1-6-36(4)21-32-29(19-28(36)22(2)3)37(35(39)41-32)20-30(38-42-37)27-17-15-23-11-7-9-13-25(23)33(27)34-26-14-10-8-12-24(26)16-18-31(34)40-5/h6-18,28-29,32H,1-2,19-21H2,3-5H3/t28-,29+,32-,36+,37-/m1/s1. The van der Waals surface area contributed by atoms with Crippen LogP contribution in [-0.2, 0) is 14.4 Å². The van der Waals surface area contributed by atoms with Gasteiger partial charge in [0.15, 0.2) is 0 Å². The van der Waals surface area contributed by atoms with Crippen LogP contribution in [0.1, 0.15) is 38.7 Å². The number of oxime groups is 1. The summed E-state index contributed by atoms with van der Waals surface area (Å²) in [7, 11) is 1.70. The SMILES string of the molecule is C=C[C@@]1(C)C[C@H]2OC(=O)[C@@]3(CC(c4ccc5ccccc5c4-c4c(OC)ccc5ccccc45)=NO3)[C@H]2C[C@@H]1C(=C)C. The van der Waals surface area contributed by atoms with Gasteiger partial charge in [0.05, 0.1) is 18.7 Å². The zero-order valence-corrected chi connectivity index (χ0v) is 24.4. The zero-order chi connectivity index (χ0) is 29.2. The Labute approximate surface area is 246 Å². The lowest BCUT2D eigenvalue weighted by molar-refractivity contribution is -0.158. The predicted molar refractivity (Wildman–Crippen MR) is 168 cm³/mol. The summed E-state index contributed by atoms with van der Waals surface area (Å²) in [5, 5.41) is 9.07. The predicted octanol–water partition coefficient (Wildman–Crippen LogP) is 8.25. The van der Waals surface area contributed by atoms with Crippen LogP contribution in [0.15, 0.2) is 103 Å². The molecule has 0 bridgehead atoms. The van der Waals surface area contributed by atoms with Gasteiger partial charge in [0.25, 0.3) is 0 Å². The van der Waals surface area contributed by atoms with Gasteiger partial charge in [0.1, 0.15) is 11.9 Å². The topological polar surface area (TPSA) is 57.1 Å². The summed E-state index contributed by atoms with van der Waals surface area (Å²) in [5.74, 6) is 0.500. The Hall–Kier alpha value is -4.38. The van der Waals surface area contributed by atoms with Gasteiger partial charge < -0.3 is 14.3 Å². The molecular weight excluding hydrogens is 522 g/mol. The number of esters is 1. The molecule has 5 nitrogen and oxygen atoms in total. The van der Waals surface area contributed by atoms with Gasteiger partial charge in [-0.05, 0) is 58.7 Å². The molecule has 4 aromatic carbocycles. The number of benzene rings is 4. The van der Waals surface area contributed by atoms with Crippen molar-refractivity contribution in [2.75, 3.05) is 7.11 Å². The molecule has 0 unspecified atom stereocenters. The highest BCUT2D eigenvalue weighted by molar-refractivity contribution is 6.18. The van der Waals surface area contributed by atoms with Gasteiger partial charge in [0.2, 0.25) is 5.60 Å². The van der Waals surface area contributed by atoms with Crippen molar-refractivity contribution in [1.29, 1.82) is 0 Å². The number of carbonyl (C=O) groups excluding carboxylic acids is 1. The van der Waals surface area contributed by atoms with E-state index >= 15 is 0 Å². The average molecular weight is 558 g/mol. The maximum absolute atomic E-state index is 13.7. The summed E-state index contributed by atoms with van der Waals surface area (Å²) >= 11 is 0. The van der Waals surface area contributed by atoms with Gasteiger partial charge in [-0.3, -0.25) is 0 Å². The molecular formula is C37H35NO4. The Balaban J connectivity index is 1.37. The fraction of sp³-hybridized carbons (Fsp3) is 0.297.